The second-order valence-electron chi connectivity index (χ2n) is 4.25. The summed E-state index contributed by atoms with van der Waals surface area (Å²) in [6.45, 7) is 2.89. The molecule has 1 amide bonds. The molecule has 1 heterocycles. The highest BCUT2D eigenvalue weighted by Crippen LogP contribution is 2.18. The van der Waals surface area contributed by atoms with Crippen molar-refractivity contribution in [1.82, 2.24) is 10.3 Å². The molecule has 0 aliphatic rings. The van der Waals surface area contributed by atoms with Gasteiger partial charge in [-0.1, -0.05) is 35.3 Å². The largest absolute Gasteiger partial charge is 0.494 e. The Balaban J connectivity index is 2.04. The molecule has 0 radical (unpaired) electrons. The van der Waals surface area contributed by atoms with Crippen LogP contribution in [0.5, 0.6) is 5.75 Å². The highest BCUT2D eigenvalue weighted by atomic mass is 35.5. The smallest absolute Gasteiger partial charge is 0.253 e. The Hall–Kier alpha value is -1.78. The van der Waals surface area contributed by atoms with Gasteiger partial charge in [-0.25, -0.2) is 4.98 Å². The van der Waals surface area contributed by atoms with Crippen LogP contribution in [0.3, 0.4) is 0 Å². The molecule has 1 aromatic carbocycles. The average molecular weight is 325 g/mol. The van der Waals surface area contributed by atoms with Gasteiger partial charge in [0.1, 0.15) is 10.9 Å². The van der Waals surface area contributed by atoms with Crippen LogP contribution >= 0.6 is 23.2 Å². The normalized spacial score (nSPS) is 10.2. The van der Waals surface area contributed by atoms with Gasteiger partial charge in [0.25, 0.3) is 5.91 Å². The molecule has 2 rings (SSSR count). The second-order valence-corrected chi connectivity index (χ2v) is 5.04. The fraction of sp³-hybridized carbons (Fsp3) is 0.200. The lowest BCUT2D eigenvalue weighted by atomic mass is 10.2. The van der Waals surface area contributed by atoms with Crippen LogP contribution < -0.4 is 10.1 Å². The molecular weight excluding hydrogens is 311 g/mol. The summed E-state index contributed by atoms with van der Waals surface area (Å²) in [5, 5.41) is 3.28. The lowest BCUT2D eigenvalue weighted by Gasteiger charge is -2.09. The zero-order valence-corrected chi connectivity index (χ0v) is 12.9. The monoisotopic (exact) mass is 324 g/mol. The van der Waals surface area contributed by atoms with Gasteiger partial charge < -0.3 is 10.1 Å². The van der Waals surface area contributed by atoms with Gasteiger partial charge >= 0.3 is 0 Å². The van der Waals surface area contributed by atoms with Crippen LogP contribution in [0.4, 0.5) is 0 Å². The summed E-state index contributed by atoms with van der Waals surface area (Å²) in [5.41, 5.74) is 1.24. The number of halogens is 2. The lowest BCUT2D eigenvalue weighted by molar-refractivity contribution is 0.0951. The van der Waals surface area contributed by atoms with Crippen LogP contribution in [0.1, 0.15) is 22.8 Å². The third-order valence-electron chi connectivity index (χ3n) is 2.73. The van der Waals surface area contributed by atoms with Crippen molar-refractivity contribution in [3.05, 3.63) is 57.8 Å². The number of aromatic nitrogens is 1. The van der Waals surface area contributed by atoms with Crippen molar-refractivity contribution in [2.24, 2.45) is 0 Å². The van der Waals surface area contributed by atoms with Crippen molar-refractivity contribution in [1.29, 1.82) is 0 Å². The molecule has 4 nitrogen and oxygen atoms in total. The average Bonchev–Trinajstić information content (AvgIpc) is 2.48. The van der Waals surface area contributed by atoms with Crippen LogP contribution in [0, 0.1) is 0 Å². The number of carbonyl (C=O) groups excluding carboxylic acids is 1. The van der Waals surface area contributed by atoms with Crippen molar-refractivity contribution < 1.29 is 9.53 Å². The number of amides is 1. The standard InChI is InChI=1S/C15H14Cl2N2O2/c1-2-21-11-5-3-4-10(6-11)8-19-15(20)12-7-14(17)18-9-13(12)16/h3-7,9H,2,8H2,1H3,(H,19,20). The number of hydrogen-bond acceptors (Lipinski definition) is 3. The lowest BCUT2D eigenvalue weighted by Crippen LogP contribution is -2.23. The predicted molar refractivity (Wildman–Crippen MR) is 83.0 cm³/mol. The Labute approximate surface area is 133 Å². The number of rotatable bonds is 5. The quantitative estimate of drug-likeness (QED) is 0.853. The molecule has 1 N–H and O–H groups in total. The highest BCUT2D eigenvalue weighted by Gasteiger charge is 2.11. The first-order valence-corrected chi connectivity index (χ1v) is 7.16. The fourth-order valence-electron chi connectivity index (χ4n) is 1.78. The van der Waals surface area contributed by atoms with E-state index in [-0.39, 0.29) is 16.1 Å². The van der Waals surface area contributed by atoms with E-state index >= 15 is 0 Å². The summed E-state index contributed by atoms with van der Waals surface area (Å²) in [4.78, 5) is 15.9. The van der Waals surface area contributed by atoms with Gasteiger partial charge in [-0.15, -0.1) is 0 Å². The highest BCUT2D eigenvalue weighted by molar-refractivity contribution is 6.35. The minimum atomic E-state index is -0.300. The summed E-state index contributed by atoms with van der Waals surface area (Å²) in [6.07, 6.45) is 1.36. The first-order chi connectivity index (χ1) is 10.1. The number of ether oxygens (including phenoxy) is 1. The maximum Gasteiger partial charge on any atom is 0.253 e. The zero-order valence-electron chi connectivity index (χ0n) is 11.4. The molecule has 110 valence electrons. The summed E-state index contributed by atoms with van der Waals surface area (Å²) in [7, 11) is 0. The van der Waals surface area contributed by atoms with E-state index < -0.39 is 0 Å². The van der Waals surface area contributed by atoms with Crippen molar-refractivity contribution in [3.8, 4) is 5.75 Å². The van der Waals surface area contributed by atoms with Gasteiger partial charge in [-0.3, -0.25) is 4.79 Å². The number of carbonyl (C=O) groups is 1. The third-order valence-corrected chi connectivity index (χ3v) is 3.24. The SMILES string of the molecule is CCOc1cccc(CNC(=O)c2cc(Cl)ncc2Cl)c1. The van der Waals surface area contributed by atoms with Crippen LogP contribution in [0.25, 0.3) is 0 Å². The molecule has 6 heteroatoms. The molecule has 0 aliphatic carbocycles. The minimum absolute atomic E-state index is 0.225. The molecule has 0 unspecified atom stereocenters. The summed E-state index contributed by atoms with van der Waals surface area (Å²) < 4.78 is 5.41. The van der Waals surface area contributed by atoms with Gasteiger partial charge in [0, 0.05) is 12.7 Å². The van der Waals surface area contributed by atoms with Crippen molar-refractivity contribution in [3.63, 3.8) is 0 Å². The van der Waals surface area contributed by atoms with Crippen LogP contribution in [0.15, 0.2) is 36.5 Å². The molecule has 21 heavy (non-hydrogen) atoms. The maximum absolute atomic E-state index is 12.1. The molecule has 2 aromatic rings. The van der Waals surface area contributed by atoms with Crippen molar-refractivity contribution >= 4 is 29.1 Å². The number of nitrogens with zero attached hydrogens (tertiary/aromatic N) is 1. The van der Waals surface area contributed by atoms with E-state index in [2.05, 4.69) is 10.3 Å². The number of pyridine rings is 1. The van der Waals surface area contributed by atoms with Gasteiger partial charge in [-0.05, 0) is 30.7 Å². The molecule has 0 saturated carbocycles. The topological polar surface area (TPSA) is 51.2 Å². The van der Waals surface area contributed by atoms with E-state index in [0.717, 1.165) is 11.3 Å². The van der Waals surface area contributed by atoms with Crippen LogP contribution in [-0.2, 0) is 6.54 Å². The van der Waals surface area contributed by atoms with E-state index in [1.165, 1.54) is 12.3 Å². The third kappa shape index (κ3) is 4.34. The number of nitrogens with one attached hydrogen (secondary N) is 1. The number of benzene rings is 1. The summed E-state index contributed by atoms with van der Waals surface area (Å²) in [5.74, 6) is 0.473. The van der Waals surface area contributed by atoms with E-state index in [4.69, 9.17) is 27.9 Å². The number of hydrogen-bond donors (Lipinski definition) is 1. The maximum atomic E-state index is 12.1. The van der Waals surface area contributed by atoms with Gasteiger partial charge in [0.2, 0.25) is 0 Å². The van der Waals surface area contributed by atoms with Crippen molar-refractivity contribution in [2.45, 2.75) is 13.5 Å². The van der Waals surface area contributed by atoms with Gasteiger partial charge in [0.05, 0.1) is 17.2 Å². The van der Waals surface area contributed by atoms with E-state index in [0.29, 0.717) is 18.7 Å². The Morgan fingerprint density at radius 1 is 1.33 bits per heavy atom. The predicted octanol–water partition coefficient (Wildman–Crippen LogP) is 3.72. The fourth-order valence-corrected chi connectivity index (χ4v) is 2.12. The first kappa shape index (κ1) is 15.6. The Morgan fingerprint density at radius 3 is 2.90 bits per heavy atom. The molecule has 1 aromatic heterocycles. The first-order valence-electron chi connectivity index (χ1n) is 6.41. The molecule has 0 aliphatic heterocycles. The molecule has 0 atom stereocenters. The van der Waals surface area contributed by atoms with Gasteiger partial charge in [0.15, 0.2) is 0 Å². The summed E-state index contributed by atoms with van der Waals surface area (Å²) in [6, 6.07) is 8.97. The van der Waals surface area contributed by atoms with E-state index in [1.54, 1.807) is 0 Å². The Morgan fingerprint density at radius 2 is 2.14 bits per heavy atom. The van der Waals surface area contributed by atoms with Crippen LogP contribution in [0.2, 0.25) is 10.2 Å². The Bertz CT molecular complexity index is 647. The molecule has 0 spiro atoms. The molecule has 0 fully saturated rings. The second kappa shape index (κ2) is 7.29. The van der Waals surface area contributed by atoms with Crippen LogP contribution in [-0.4, -0.2) is 17.5 Å². The molecule has 0 bridgehead atoms. The van der Waals surface area contributed by atoms with Gasteiger partial charge in [-0.2, -0.15) is 0 Å². The zero-order chi connectivity index (χ0) is 15.2. The molecule has 0 saturated heterocycles. The minimum Gasteiger partial charge on any atom is -0.494 e. The van der Waals surface area contributed by atoms with Crippen molar-refractivity contribution in [2.75, 3.05) is 6.61 Å². The van der Waals surface area contributed by atoms with E-state index in [9.17, 15) is 4.79 Å². The molecular formula is C15H14Cl2N2O2. The van der Waals surface area contributed by atoms with E-state index in [1.807, 2.05) is 31.2 Å². The Kier molecular flexibility index (Phi) is 5.42. The summed E-state index contributed by atoms with van der Waals surface area (Å²) >= 11 is 11.7.